The van der Waals surface area contributed by atoms with Crippen molar-refractivity contribution in [3.8, 4) is 10.6 Å². The van der Waals surface area contributed by atoms with Crippen LogP contribution < -0.4 is 16.4 Å². The number of hydrogen-bond donors (Lipinski definition) is 3. The van der Waals surface area contributed by atoms with Crippen molar-refractivity contribution in [2.75, 3.05) is 5.32 Å². The summed E-state index contributed by atoms with van der Waals surface area (Å²) in [6.45, 7) is 2.05. The molecule has 0 saturated heterocycles. The van der Waals surface area contributed by atoms with Crippen molar-refractivity contribution in [2.24, 2.45) is 5.73 Å². The fraction of sp³-hybridized carbons (Fsp3) is 0.182. The zero-order chi connectivity index (χ0) is 13.8. The smallest absolute Gasteiger partial charge is 0.217 e. The number of aromatic nitrogens is 1. The number of anilines is 1. The molecule has 0 saturated carbocycles. The molecule has 19 heavy (non-hydrogen) atoms. The minimum atomic E-state index is -0.0356. The van der Waals surface area contributed by atoms with Gasteiger partial charge in [-0.25, -0.2) is 4.98 Å². The van der Waals surface area contributed by atoms with Gasteiger partial charge in [0.25, 0.3) is 0 Å². The number of amides is 1. The molecule has 100 valence electrons. The second kappa shape index (κ2) is 6.09. The number of nitrogens with one attached hydrogen (secondary N) is 2. The lowest BCUT2D eigenvalue weighted by molar-refractivity contribution is -0.119. The van der Waals surface area contributed by atoms with Crippen LogP contribution in [0, 0.1) is 0 Å². The van der Waals surface area contributed by atoms with Gasteiger partial charge < -0.3 is 16.4 Å². The van der Waals surface area contributed by atoms with Crippen LogP contribution in [-0.4, -0.2) is 16.0 Å². The Morgan fingerprint density at radius 2 is 2.32 bits per heavy atom. The maximum Gasteiger partial charge on any atom is 0.217 e. The second-order valence-corrected chi connectivity index (χ2v) is 6.17. The quantitative estimate of drug-likeness (QED) is 0.754. The highest BCUT2D eigenvalue weighted by Crippen LogP contribution is 2.30. The van der Waals surface area contributed by atoms with Crippen molar-refractivity contribution >= 4 is 51.0 Å². The molecule has 4 N–H and O–H groups in total. The summed E-state index contributed by atoms with van der Waals surface area (Å²) in [4.78, 5) is 17.4. The van der Waals surface area contributed by atoms with Crippen LogP contribution in [0.15, 0.2) is 17.5 Å². The number of rotatable bonds is 4. The lowest BCUT2D eigenvalue weighted by Gasteiger charge is -1.97. The molecule has 0 aliphatic rings. The van der Waals surface area contributed by atoms with E-state index in [0.717, 1.165) is 15.4 Å². The van der Waals surface area contributed by atoms with Crippen LogP contribution in [0.3, 0.4) is 0 Å². The zero-order valence-corrected chi connectivity index (χ0v) is 12.5. The van der Waals surface area contributed by atoms with Gasteiger partial charge in [-0.05, 0) is 24.4 Å². The fourth-order valence-corrected chi connectivity index (χ4v) is 3.24. The van der Waals surface area contributed by atoms with Crippen molar-refractivity contribution in [3.63, 3.8) is 0 Å². The number of thiazole rings is 1. The van der Waals surface area contributed by atoms with Gasteiger partial charge in [-0.2, -0.15) is 0 Å². The normalized spacial score (nSPS) is 10.2. The minimum absolute atomic E-state index is 0.0356. The fourth-order valence-electron chi connectivity index (χ4n) is 1.37. The summed E-state index contributed by atoms with van der Waals surface area (Å²) in [5, 5.41) is 8.40. The van der Waals surface area contributed by atoms with E-state index in [2.05, 4.69) is 15.6 Å². The Hall–Kier alpha value is -1.51. The molecule has 2 heterocycles. The minimum Gasteiger partial charge on any atom is -0.376 e. The number of hydrogen-bond acceptors (Lipinski definition) is 5. The molecule has 0 aromatic carbocycles. The molecule has 0 bridgehead atoms. The molecule has 2 aromatic rings. The van der Waals surface area contributed by atoms with Gasteiger partial charge in [-0.15, -0.1) is 22.7 Å². The molecular formula is C11H12N4OS3. The molecule has 5 nitrogen and oxygen atoms in total. The monoisotopic (exact) mass is 312 g/mol. The Kier molecular flexibility index (Phi) is 4.46. The highest BCUT2D eigenvalue weighted by atomic mass is 32.1. The largest absolute Gasteiger partial charge is 0.376 e. The van der Waals surface area contributed by atoms with Crippen LogP contribution in [0.1, 0.15) is 11.8 Å². The third-order valence-electron chi connectivity index (χ3n) is 2.16. The lowest BCUT2D eigenvalue weighted by atomic mass is 10.3. The average Bonchev–Trinajstić information content (AvgIpc) is 2.93. The van der Waals surface area contributed by atoms with Crippen molar-refractivity contribution in [3.05, 3.63) is 22.4 Å². The summed E-state index contributed by atoms with van der Waals surface area (Å²) in [7, 11) is 0. The summed E-state index contributed by atoms with van der Waals surface area (Å²) < 4.78 is 0. The van der Waals surface area contributed by atoms with Crippen LogP contribution >= 0.6 is 34.9 Å². The molecule has 1 amide bonds. The van der Waals surface area contributed by atoms with Crippen molar-refractivity contribution < 1.29 is 4.79 Å². The zero-order valence-electron chi connectivity index (χ0n) is 10.1. The molecule has 2 aromatic heterocycles. The SMILES string of the molecule is CC(=O)NCc1ccc(-c2csc(NC(N)=S)n2)s1. The summed E-state index contributed by atoms with van der Waals surface area (Å²) in [6.07, 6.45) is 0. The van der Waals surface area contributed by atoms with E-state index in [1.165, 1.54) is 18.3 Å². The molecule has 8 heteroatoms. The predicted molar refractivity (Wildman–Crippen MR) is 83.4 cm³/mol. The van der Waals surface area contributed by atoms with E-state index in [-0.39, 0.29) is 11.0 Å². The molecule has 0 aliphatic carbocycles. The van der Waals surface area contributed by atoms with E-state index >= 15 is 0 Å². The van der Waals surface area contributed by atoms with Gasteiger partial charge in [0.1, 0.15) is 0 Å². The Morgan fingerprint density at radius 1 is 1.53 bits per heavy atom. The summed E-state index contributed by atoms with van der Waals surface area (Å²) in [5.41, 5.74) is 6.27. The summed E-state index contributed by atoms with van der Waals surface area (Å²) in [5.74, 6) is -0.0356. The Balaban J connectivity index is 2.07. The van der Waals surface area contributed by atoms with Gasteiger partial charge >= 0.3 is 0 Å². The highest BCUT2D eigenvalue weighted by Gasteiger charge is 2.08. The Bertz CT molecular complexity index is 605. The van der Waals surface area contributed by atoms with Crippen LogP contribution in [-0.2, 0) is 11.3 Å². The highest BCUT2D eigenvalue weighted by molar-refractivity contribution is 7.80. The van der Waals surface area contributed by atoms with E-state index in [4.69, 9.17) is 18.0 Å². The van der Waals surface area contributed by atoms with Gasteiger partial charge in [-0.3, -0.25) is 4.79 Å². The molecule has 0 atom stereocenters. The van der Waals surface area contributed by atoms with E-state index < -0.39 is 0 Å². The third-order valence-corrected chi connectivity index (χ3v) is 4.13. The van der Waals surface area contributed by atoms with Gasteiger partial charge in [0, 0.05) is 17.2 Å². The first kappa shape index (κ1) is 13.9. The van der Waals surface area contributed by atoms with Crippen LogP contribution in [0.5, 0.6) is 0 Å². The van der Waals surface area contributed by atoms with E-state index in [1.807, 2.05) is 17.5 Å². The van der Waals surface area contributed by atoms with Crippen LogP contribution in [0.4, 0.5) is 5.13 Å². The first-order valence-electron chi connectivity index (χ1n) is 5.40. The Labute approximate surface area is 123 Å². The molecule has 0 spiro atoms. The number of nitrogens with zero attached hydrogens (tertiary/aromatic N) is 1. The lowest BCUT2D eigenvalue weighted by Crippen LogP contribution is -2.18. The third kappa shape index (κ3) is 3.98. The topological polar surface area (TPSA) is 80.0 Å². The maximum atomic E-state index is 10.9. The molecule has 0 radical (unpaired) electrons. The maximum absolute atomic E-state index is 10.9. The number of carbonyl (C=O) groups is 1. The second-order valence-electron chi connectivity index (χ2n) is 3.70. The molecule has 0 fully saturated rings. The van der Waals surface area contributed by atoms with Crippen molar-refractivity contribution in [1.82, 2.24) is 10.3 Å². The van der Waals surface area contributed by atoms with Crippen molar-refractivity contribution in [2.45, 2.75) is 13.5 Å². The average molecular weight is 312 g/mol. The first-order chi connectivity index (χ1) is 9.04. The molecule has 2 rings (SSSR count). The first-order valence-corrected chi connectivity index (χ1v) is 7.50. The molecule has 0 unspecified atom stereocenters. The van der Waals surface area contributed by atoms with E-state index in [1.54, 1.807) is 11.3 Å². The van der Waals surface area contributed by atoms with E-state index in [9.17, 15) is 4.79 Å². The van der Waals surface area contributed by atoms with Crippen LogP contribution in [0.2, 0.25) is 0 Å². The number of nitrogens with two attached hydrogens (primary N) is 1. The van der Waals surface area contributed by atoms with Crippen LogP contribution in [0.25, 0.3) is 10.6 Å². The van der Waals surface area contributed by atoms with Crippen molar-refractivity contribution in [1.29, 1.82) is 0 Å². The van der Waals surface area contributed by atoms with Gasteiger partial charge in [0.15, 0.2) is 10.2 Å². The van der Waals surface area contributed by atoms with Gasteiger partial charge in [0.2, 0.25) is 5.91 Å². The predicted octanol–water partition coefficient (Wildman–Crippen LogP) is 2.16. The number of thiocarbonyl (C=S) groups is 1. The standard InChI is InChI=1S/C11H12N4OS3/c1-6(16)13-4-7-2-3-9(19-7)8-5-18-11(14-8)15-10(12)17/h2-3,5H,4H2,1H3,(H,13,16)(H3,12,14,15,17). The molecule has 0 aliphatic heterocycles. The van der Waals surface area contributed by atoms with Gasteiger partial charge in [0.05, 0.1) is 17.1 Å². The van der Waals surface area contributed by atoms with E-state index in [0.29, 0.717) is 11.7 Å². The number of thiophene rings is 1. The molecular weight excluding hydrogens is 300 g/mol. The number of carbonyl (C=O) groups excluding carboxylic acids is 1. The Morgan fingerprint density at radius 3 is 3.00 bits per heavy atom. The van der Waals surface area contributed by atoms with Gasteiger partial charge in [-0.1, -0.05) is 0 Å². The summed E-state index contributed by atoms with van der Waals surface area (Å²) >= 11 is 7.81. The summed E-state index contributed by atoms with van der Waals surface area (Å²) in [6, 6.07) is 3.97.